The second-order valence-corrected chi connectivity index (χ2v) is 6.05. The first-order valence-corrected chi connectivity index (χ1v) is 8.09. The van der Waals surface area contributed by atoms with Crippen LogP contribution in [-0.4, -0.2) is 33.9 Å². The predicted molar refractivity (Wildman–Crippen MR) is 90.1 cm³/mol. The molecule has 0 aliphatic carbocycles. The van der Waals surface area contributed by atoms with Crippen LogP contribution in [0.5, 0.6) is 0 Å². The Kier molecular flexibility index (Phi) is 6.31. The highest BCUT2D eigenvalue weighted by Crippen LogP contribution is 2.18. The topological polar surface area (TPSA) is 100 Å². The molecule has 3 N–H and O–H groups in total. The number of urea groups is 1. The zero-order valence-corrected chi connectivity index (χ0v) is 14.2. The van der Waals surface area contributed by atoms with Gasteiger partial charge in [0.05, 0.1) is 12.1 Å². The number of nitrogens with one attached hydrogen (secondary N) is 2. The molecule has 7 heteroatoms. The summed E-state index contributed by atoms with van der Waals surface area (Å²) < 4.78 is 5.23. The lowest BCUT2D eigenvalue weighted by atomic mass is 10.0. The van der Waals surface area contributed by atoms with E-state index in [1.165, 1.54) is 0 Å². The molecule has 0 spiro atoms. The standard InChI is InChI=1S/C17H24N4O3/c1-11(2)14(22)9-10-18-17(23)19-12(3)15-20-16(24-21-15)13-7-5-4-6-8-13/h4-8,11-12,14,22H,9-10H2,1-3H3,(H2,18,19,23). The molecule has 0 radical (unpaired) electrons. The van der Waals surface area contributed by atoms with Gasteiger partial charge in [0.1, 0.15) is 0 Å². The summed E-state index contributed by atoms with van der Waals surface area (Å²) in [6.45, 7) is 6.06. The minimum Gasteiger partial charge on any atom is -0.393 e. The molecular weight excluding hydrogens is 308 g/mol. The maximum absolute atomic E-state index is 11.9. The Bertz CT molecular complexity index is 642. The molecule has 2 amide bonds. The fourth-order valence-electron chi connectivity index (χ4n) is 2.09. The molecule has 2 rings (SSSR count). The van der Waals surface area contributed by atoms with Gasteiger partial charge in [-0.1, -0.05) is 37.2 Å². The lowest BCUT2D eigenvalue weighted by Crippen LogP contribution is -2.39. The van der Waals surface area contributed by atoms with Crippen LogP contribution in [0.1, 0.15) is 39.1 Å². The fourth-order valence-corrected chi connectivity index (χ4v) is 2.09. The summed E-state index contributed by atoms with van der Waals surface area (Å²) >= 11 is 0. The third kappa shape index (κ3) is 5.06. The van der Waals surface area contributed by atoms with Gasteiger partial charge in [-0.3, -0.25) is 0 Å². The molecule has 130 valence electrons. The van der Waals surface area contributed by atoms with E-state index in [9.17, 15) is 9.90 Å². The van der Waals surface area contributed by atoms with Gasteiger partial charge in [0, 0.05) is 12.1 Å². The predicted octanol–water partition coefficient (Wildman–Crippen LogP) is 2.50. The Morgan fingerprint density at radius 1 is 1.25 bits per heavy atom. The van der Waals surface area contributed by atoms with Gasteiger partial charge in [0.25, 0.3) is 5.89 Å². The maximum atomic E-state index is 11.9. The molecule has 24 heavy (non-hydrogen) atoms. The number of aliphatic hydroxyl groups is 1. The first-order valence-electron chi connectivity index (χ1n) is 8.09. The number of aromatic nitrogens is 2. The second kappa shape index (κ2) is 8.44. The molecule has 2 aromatic rings. The highest BCUT2D eigenvalue weighted by Gasteiger charge is 2.17. The summed E-state index contributed by atoms with van der Waals surface area (Å²) in [4.78, 5) is 16.2. The minimum atomic E-state index is -0.423. The highest BCUT2D eigenvalue weighted by atomic mass is 16.5. The van der Waals surface area contributed by atoms with Gasteiger partial charge < -0.3 is 20.3 Å². The lowest BCUT2D eigenvalue weighted by Gasteiger charge is -2.15. The maximum Gasteiger partial charge on any atom is 0.315 e. The molecule has 1 aromatic heterocycles. The number of carbonyl (C=O) groups excluding carboxylic acids is 1. The molecule has 2 atom stereocenters. The van der Waals surface area contributed by atoms with Crippen molar-refractivity contribution < 1.29 is 14.4 Å². The van der Waals surface area contributed by atoms with Crippen molar-refractivity contribution in [1.29, 1.82) is 0 Å². The highest BCUT2D eigenvalue weighted by molar-refractivity contribution is 5.74. The number of hydrogen-bond donors (Lipinski definition) is 3. The van der Waals surface area contributed by atoms with E-state index in [1.807, 2.05) is 44.2 Å². The first-order chi connectivity index (χ1) is 11.5. The van der Waals surface area contributed by atoms with Gasteiger partial charge in [-0.25, -0.2) is 4.79 Å². The van der Waals surface area contributed by atoms with Gasteiger partial charge in [-0.2, -0.15) is 4.98 Å². The first kappa shape index (κ1) is 17.9. The van der Waals surface area contributed by atoms with Gasteiger partial charge in [0.2, 0.25) is 0 Å². The SMILES string of the molecule is CC(NC(=O)NCCC(O)C(C)C)c1noc(-c2ccccc2)n1. The van der Waals surface area contributed by atoms with Crippen LogP contribution in [0.3, 0.4) is 0 Å². The van der Waals surface area contributed by atoms with E-state index >= 15 is 0 Å². The average Bonchev–Trinajstić information content (AvgIpc) is 3.05. The molecule has 0 fully saturated rings. The van der Waals surface area contributed by atoms with Crippen LogP contribution in [0.2, 0.25) is 0 Å². The summed E-state index contributed by atoms with van der Waals surface area (Å²) in [5.41, 5.74) is 0.829. The summed E-state index contributed by atoms with van der Waals surface area (Å²) in [5.74, 6) is 0.996. The Morgan fingerprint density at radius 2 is 1.96 bits per heavy atom. The van der Waals surface area contributed by atoms with E-state index < -0.39 is 6.10 Å². The molecule has 0 aliphatic rings. The van der Waals surface area contributed by atoms with Gasteiger partial charge in [-0.15, -0.1) is 0 Å². The number of benzene rings is 1. The van der Waals surface area contributed by atoms with Crippen molar-refractivity contribution in [2.75, 3.05) is 6.54 Å². The number of aliphatic hydroxyl groups excluding tert-OH is 1. The van der Waals surface area contributed by atoms with E-state index in [4.69, 9.17) is 4.52 Å². The van der Waals surface area contributed by atoms with E-state index in [0.717, 1.165) is 5.56 Å². The van der Waals surface area contributed by atoms with Crippen molar-refractivity contribution in [1.82, 2.24) is 20.8 Å². The Morgan fingerprint density at radius 3 is 2.62 bits per heavy atom. The second-order valence-electron chi connectivity index (χ2n) is 6.05. The Labute approximate surface area is 141 Å². The lowest BCUT2D eigenvalue weighted by molar-refractivity contribution is 0.116. The monoisotopic (exact) mass is 332 g/mol. The Balaban J connectivity index is 1.83. The van der Waals surface area contributed by atoms with Crippen LogP contribution in [0.4, 0.5) is 4.79 Å². The summed E-state index contributed by atoms with van der Waals surface area (Å²) in [5, 5.41) is 19.1. The number of hydrogen-bond acceptors (Lipinski definition) is 5. The molecule has 0 saturated heterocycles. The van der Waals surface area contributed by atoms with Gasteiger partial charge in [0.15, 0.2) is 5.82 Å². The number of amides is 2. The Hall–Kier alpha value is -2.41. The van der Waals surface area contributed by atoms with Gasteiger partial charge in [-0.05, 0) is 31.4 Å². The van der Waals surface area contributed by atoms with Crippen molar-refractivity contribution in [2.24, 2.45) is 5.92 Å². The number of rotatable bonds is 7. The molecule has 0 bridgehead atoms. The third-order valence-electron chi connectivity index (χ3n) is 3.69. The van der Waals surface area contributed by atoms with Crippen molar-refractivity contribution in [3.05, 3.63) is 36.2 Å². The fraction of sp³-hybridized carbons (Fsp3) is 0.471. The molecular formula is C17H24N4O3. The third-order valence-corrected chi connectivity index (χ3v) is 3.69. The van der Waals surface area contributed by atoms with Crippen LogP contribution in [0, 0.1) is 5.92 Å². The molecule has 1 aromatic carbocycles. The van der Waals surface area contributed by atoms with Crippen molar-refractivity contribution in [2.45, 2.75) is 39.3 Å². The summed E-state index contributed by atoms with van der Waals surface area (Å²) in [6.07, 6.45) is 0.0909. The summed E-state index contributed by atoms with van der Waals surface area (Å²) in [7, 11) is 0. The quantitative estimate of drug-likeness (QED) is 0.723. The van der Waals surface area contributed by atoms with Crippen molar-refractivity contribution in [3.8, 4) is 11.5 Å². The van der Waals surface area contributed by atoms with Crippen LogP contribution >= 0.6 is 0 Å². The molecule has 7 nitrogen and oxygen atoms in total. The average molecular weight is 332 g/mol. The minimum absolute atomic E-state index is 0.171. The van der Waals surface area contributed by atoms with E-state index in [2.05, 4.69) is 20.8 Å². The molecule has 0 aliphatic heterocycles. The van der Waals surface area contributed by atoms with Crippen LogP contribution in [-0.2, 0) is 0 Å². The van der Waals surface area contributed by atoms with Crippen LogP contribution < -0.4 is 10.6 Å². The molecule has 0 saturated carbocycles. The molecule has 1 heterocycles. The molecule has 2 unspecified atom stereocenters. The van der Waals surface area contributed by atoms with Crippen molar-refractivity contribution >= 4 is 6.03 Å². The zero-order chi connectivity index (χ0) is 17.5. The number of carbonyl (C=O) groups is 1. The largest absolute Gasteiger partial charge is 0.393 e. The van der Waals surface area contributed by atoms with Crippen LogP contribution in [0.15, 0.2) is 34.9 Å². The van der Waals surface area contributed by atoms with Gasteiger partial charge >= 0.3 is 6.03 Å². The van der Waals surface area contributed by atoms with Crippen LogP contribution in [0.25, 0.3) is 11.5 Å². The van der Waals surface area contributed by atoms with E-state index in [1.54, 1.807) is 6.92 Å². The van der Waals surface area contributed by atoms with E-state index in [0.29, 0.717) is 24.7 Å². The van der Waals surface area contributed by atoms with E-state index in [-0.39, 0.29) is 18.0 Å². The summed E-state index contributed by atoms with van der Waals surface area (Å²) in [6, 6.07) is 8.72. The smallest absolute Gasteiger partial charge is 0.315 e. The number of nitrogens with zero attached hydrogens (tertiary/aromatic N) is 2. The zero-order valence-electron chi connectivity index (χ0n) is 14.2. The normalized spacial score (nSPS) is 13.5. The van der Waals surface area contributed by atoms with Crippen molar-refractivity contribution in [3.63, 3.8) is 0 Å².